The second-order valence-corrected chi connectivity index (χ2v) is 6.31. The molecule has 7 nitrogen and oxygen atoms in total. The Morgan fingerprint density at radius 1 is 1.16 bits per heavy atom. The molecule has 0 bridgehead atoms. The van der Waals surface area contributed by atoms with Crippen LogP contribution < -0.4 is 4.74 Å². The molecule has 0 aliphatic carbocycles. The first-order chi connectivity index (χ1) is 12.2. The molecule has 0 spiro atoms. The van der Waals surface area contributed by atoms with E-state index in [1.165, 1.54) is 0 Å². The minimum absolute atomic E-state index is 0.312. The predicted octanol–water partition coefficient (Wildman–Crippen LogP) is 1.19. The molecule has 1 aromatic heterocycles. The largest absolute Gasteiger partial charge is 0.491 e. The third-order valence-electron chi connectivity index (χ3n) is 4.30. The van der Waals surface area contributed by atoms with Gasteiger partial charge in [-0.3, -0.25) is 9.80 Å². The van der Waals surface area contributed by atoms with Crippen LogP contribution in [0.4, 0.5) is 0 Å². The summed E-state index contributed by atoms with van der Waals surface area (Å²) in [6.45, 7) is 7.36. The lowest BCUT2D eigenvalue weighted by Gasteiger charge is -2.34. The lowest BCUT2D eigenvalue weighted by atomic mass is 10.2. The van der Waals surface area contributed by atoms with Crippen molar-refractivity contribution >= 4 is 0 Å². The number of aromatic nitrogens is 2. The maximum Gasteiger partial charge on any atom is 0.226 e. The molecule has 1 saturated heterocycles. The van der Waals surface area contributed by atoms with Crippen LogP contribution in [0, 0.1) is 0 Å². The van der Waals surface area contributed by atoms with Gasteiger partial charge in [0.1, 0.15) is 18.5 Å². The van der Waals surface area contributed by atoms with Gasteiger partial charge in [0.15, 0.2) is 5.82 Å². The summed E-state index contributed by atoms with van der Waals surface area (Å²) in [7, 11) is 0. The number of nitrogens with zero attached hydrogens (tertiary/aromatic N) is 4. The van der Waals surface area contributed by atoms with Crippen molar-refractivity contribution in [3.8, 4) is 5.75 Å². The molecule has 136 valence electrons. The monoisotopic (exact) mass is 346 g/mol. The van der Waals surface area contributed by atoms with E-state index in [-0.39, 0.29) is 0 Å². The van der Waals surface area contributed by atoms with Gasteiger partial charge in [-0.05, 0) is 12.1 Å². The average molecular weight is 346 g/mol. The van der Waals surface area contributed by atoms with Crippen molar-refractivity contribution in [2.45, 2.75) is 26.0 Å². The van der Waals surface area contributed by atoms with Crippen molar-refractivity contribution in [1.29, 1.82) is 0 Å². The number of hydrogen-bond donors (Lipinski definition) is 1. The highest BCUT2D eigenvalue weighted by molar-refractivity contribution is 5.20. The Labute approximate surface area is 148 Å². The number of para-hydroxylation sites is 1. The molecule has 0 radical (unpaired) electrons. The molecule has 1 atom stereocenters. The molecule has 1 aliphatic rings. The number of aryl methyl sites for hydroxylation is 1. The standard InChI is InChI=1S/C18H26N4O3/c1-2-18-19-17(20-25-18)13-22-10-8-21(9-11-22)12-15(23)14-24-16-6-4-3-5-7-16/h3-7,15,23H,2,8-14H2,1H3. The molecule has 1 aromatic carbocycles. The molecule has 1 N–H and O–H groups in total. The Morgan fingerprint density at radius 2 is 1.88 bits per heavy atom. The highest BCUT2D eigenvalue weighted by Gasteiger charge is 2.21. The van der Waals surface area contributed by atoms with Gasteiger partial charge in [0.25, 0.3) is 0 Å². The van der Waals surface area contributed by atoms with E-state index in [0.717, 1.165) is 50.7 Å². The minimum Gasteiger partial charge on any atom is -0.491 e. The summed E-state index contributed by atoms with van der Waals surface area (Å²) in [5.74, 6) is 2.23. The first-order valence-corrected chi connectivity index (χ1v) is 8.85. The van der Waals surface area contributed by atoms with E-state index in [0.29, 0.717) is 19.0 Å². The van der Waals surface area contributed by atoms with Gasteiger partial charge in [-0.25, -0.2) is 0 Å². The van der Waals surface area contributed by atoms with Gasteiger partial charge in [0.05, 0.1) is 6.54 Å². The number of piperazine rings is 1. The molecule has 7 heteroatoms. The van der Waals surface area contributed by atoms with Crippen molar-refractivity contribution < 1.29 is 14.4 Å². The normalized spacial score (nSPS) is 17.5. The van der Waals surface area contributed by atoms with E-state index in [1.54, 1.807) is 0 Å². The van der Waals surface area contributed by atoms with Gasteiger partial charge in [-0.15, -0.1) is 0 Å². The van der Waals surface area contributed by atoms with Crippen molar-refractivity contribution in [2.24, 2.45) is 0 Å². The van der Waals surface area contributed by atoms with Crippen molar-refractivity contribution in [3.63, 3.8) is 0 Å². The summed E-state index contributed by atoms with van der Waals surface area (Å²) in [6, 6.07) is 9.59. The Morgan fingerprint density at radius 3 is 2.56 bits per heavy atom. The predicted molar refractivity (Wildman–Crippen MR) is 93.3 cm³/mol. The highest BCUT2D eigenvalue weighted by Crippen LogP contribution is 2.10. The fourth-order valence-corrected chi connectivity index (χ4v) is 2.89. The second-order valence-electron chi connectivity index (χ2n) is 6.31. The number of benzene rings is 1. The summed E-state index contributed by atoms with van der Waals surface area (Å²) in [6.07, 6.45) is 0.278. The topological polar surface area (TPSA) is 74.9 Å². The lowest BCUT2D eigenvalue weighted by Crippen LogP contribution is -2.48. The van der Waals surface area contributed by atoms with Crippen LogP contribution in [-0.2, 0) is 13.0 Å². The number of rotatable bonds is 8. The zero-order chi connectivity index (χ0) is 17.5. The first kappa shape index (κ1) is 17.8. The molecule has 25 heavy (non-hydrogen) atoms. The molecular formula is C18H26N4O3. The minimum atomic E-state index is -0.490. The van der Waals surface area contributed by atoms with Crippen molar-refractivity contribution in [2.75, 3.05) is 39.3 Å². The summed E-state index contributed by atoms with van der Waals surface area (Å²) in [5, 5.41) is 14.2. The third-order valence-corrected chi connectivity index (χ3v) is 4.30. The number of ether oxygens (including phenoxy) is 1. The molecule has 0 amide bonds. The molecule has 2 aromatic rings. The van der Waals surface area contributed by atoms with Crippen LogP contribution >= 0.6 is 0 Å². The number of aliphatic hydroxyl groups excluding tert-OH is 1. The summed E-state index contributed by atoms with van der Waals surface area (Å²) in [5.41, 5.74) is 0. The van der Waals surface area contributed by atoms with E-state index in [1.807, 2.05) is 37.3 Å². The van der Waals surface area contributed by atoms with Crippen molar-refractivity contribution in [1.82, 2.24) is 19.9 Å². The fraction of sp³-hybridized carbons (Fsp3) is 0.556. The zero-order valence-corrected chi connectivity index (χ0v) is 14.7. The van der Waals surface area contributed by atoms with Crippen LogP contribution in [-0.4, -0.2) is 70.5 Å². The Kier molecular flexibility index (Phi) is 6.38. The zero-order valence-electron chi connectivity index (χ0n) is 14.7. The van der Waals surface area contributed by atoms with Crippen LogP contribution in [0.3, 0.4) is 0 Å². The van der Waals surface area contributed by atoms with Gasteiger partial charge in [0, 0.05) is 39.1 Å². The van der Waals surface area contributed by atoms with Gasteiger partial charge >= 0.3 is 0 Å². The highest BCUT2D eigenvalue weighted by atomic mass is 16.5. The number of aliphatic hydroxyl groups is 1. The molecule has 0 saturated carbocycles. The fourth-order valence-electron chi connectivity index (χ4n) is 2.89. The lowest BCUT2D eigenvalue weighted by molar-refractivity contribution is 0.0440. The second kappa shape index (κ2) is 8.94. The maximum atomic E-state index is 10.2. The molecular weight excluding hydrogens is 320 g/mol. The molecule has 1 aliphatic heterocycles. The molecule has 2 heterocycles. The van der Waals surface area contributed by atoms with Gasteiger partial charge < -0.3 is 14.4 Å². The van der Waals surface area contributed by atoms with E-state index in [2.05, 4.69) is 19.9 Å². The van der Waals surface area contributed by atoms with Crippen molar-refractivity contribution in [3.05, 3.63) is 42.0 Å². The summed E-state index contributed by atoms with van der Waals surface area (Å²) in [4.78, 5) is 8.93. The quantitative estimate of drug-likeness (QED) is 0.769. The van der Waals surface area contributed by atoms with Crippen LogP contribution in [0.25, 0.3) is 0 Å². The van der Waals surface area contributed by atoms with Crippen LogP contribution in [0.15, 0.2) is 34.9 Å². The molecule has 1 fully saturated rings. The maximum absolute atomic E-state index is 10.2. The average Bonchev–Trinajstić information content (AvgIpc) is 3.10. The van der Waals surface area contributed by atoms with E-state index >= 15 is 0 Å². The van der Waals surface area contributed by atoms with Crippen LogP contribution in [0.5, 0.6) is 5.75 Å². The van der Waals surface area contributed by atoms with E-state index in [9.17, 15) is 5.11 Å². The first-order valence-electron chi connectivity index (χ1n) is 8.85. The Hall–Kier alpha value is -1.96. The number of hydrogen-bond acceptors (Lipinski definition) is 7. The molecule has 3 rings (SSSR count). The van der Waals surface area contributed by atoms with E-state index in [4.69, 9.17) is 9.26 Å². The summed E-state index contributed by atoms with van der Waals surface area (Å²) >= 11 is 0. The van der Waals surface area contributed by atoms with E-state index < -0.39 is 6.10 Å². The summed E-state index contributed by atoms with van der Waals surface area (Å²) < 4.78 is 10.8. The Balaban J connectivity index is 1.35. The van der Waals surface area contributed by atoms with Crippen LogP contribution in [0.2, 0.25) is 0 Å². The van der Waals surface area contributed by atoms with Gasteiger partial charge in [-0.2, -0.15) is 4.98 Å². The Bertz CT molecular complexity index is 626. The van der Waals surface area contributed by atoms with Gasteiger partial charge in [-0.1, -0.05) is 30.3 Å². The third kappa shape index (κ3) is 5.52. The number of β-amino-alcohol motifs (C(OH)–C–C–N with tert-alkyl or cyclic N) is 1. The molecule has 1 unspecified atom stereocenters. The SMILES string of the molecule is CCc1nc(CN2CCN(CC(O)COc3ccccc3)CC2)no1. The van der Waals surface area contributed by atoms with Gasteiger partial charge in [0.2, 0.25) is 5.89 Å². The van der Waals surface area contributed by atoms with Crippen LogP contribution in [0.1, 0.15) is 18.6 Å². The smallest absolute Gasteiger partial charge is 0.226 e.